The van der Waals surface area contributed by atoms with E-state index in [1.165, 1.54) is 17.0 Å². The number of rotatable bonds is 6. The van der Waals surface area contributed by atoms with Gasteiger partial charge in [0, 0.05) is 37.2 Å². The second-order valence-corrected chi connectivity index (χ2v) is 8.83. The molecule has 4 aromatic rings. The zero-order chi connectivity index (χ0) is 25.1. The van der Waals surface area contributed by atoms with Crippen molar-refractivity contribution in [3.63, 3.8) is 0 Å². The highest BCUT2D eigenvalue weighted by Gasteiger charge is 2.31. The number of fused-ring (bicyclic) bond motifs is 2. The number of pyridine rings is 2. The molecular weight excluding hydrogens is 468 g/mol. The van der Waals surface area contributed by atoms with E-state index < -0.39 is 24.2 Å². The Bertz CT molecular complexity index is 1380. The molecule has 1 amide bonds. The average Bonchev–Trinajstić information content (AvgIpc) is 3.23. The first-order chi connectivity index (χ1) is 17.5. The van der Waals surface area contributed by atoms with E-state index in [0.717, 1.165) is 12.8 Å². The summed E-state index contributed by atoms with van der Waals surface area (Å²) in [5, 5.41) is 8.92. The highest BCUT2D eigenvalue weighted by atomic mass is 19.1. The summed E-state index contributed by atoms with van der Waals surface area (Å²) < 4.78 is 42.6. The monoisotopic (exact) mass is 495 g/mol. The van der Waals surface area contributed by atoms with Crippen molar-refractivity contribution >= 4 is 22.6 Å². The lowest BCUT2D eigenvalue weighted by Crippen LogP contribution is -2.33. The van der Waals surface area contributed by atoms with Gasteiger partial charge in [-0.2, -0.15) is 0 Å². The minimum atomic E-state index is -1.33. The summed E-state index contributed by atoms with van der Waals surface area (Å²) in [6.07, 6.45) is 1.24. The molecule has 0 N–H and O–H groups in total. The lowest BCUT2D eigenvalue weighted by Gasteiger charge is -2.21. The standard InChI is InChI=1S/C26H27F2N5O3/c1-2-3-14-35-26(34)32-12-9-19(28)21(10-13-32)36-22-16-18(27)15-17-7-8-20(29-24(17)22)25-31-30-23-6-4-5-11-33(23)25/h4-8,11,15-16,19,21H,2-3,9-10,12-14H2,1H3. The van der Waals surface area contributed by atoms with Gasteiger partial charge in [0.15, 0.2) is 11.5 Å². The van der Waals surface area contributed by atoms with Crippen LogP contribution in [0.5, 0.6) is 5.75 Å². The molecule has 2 unspecified atom stereocenters. The van der Waals surface area contributed by atoms with Crippen LogP contribution in [0.2, 0.25) is 0 Å². The lowest BCUT2D eigenvalue weighted by molar-refractivity contribution is 0.0957. The number of likely N-dealkylation sites (tertiary alicyclic amines) is 1. The second-order valence-electron chi connectivity index (χ2n) is 8.83. The third-order valence-corrected chi connectivity index (χ3v) is 6.29. The van der Waals surface area contributed by atoms with Crippen molar-refractivity contribution < 1.29 is 23.0 Å². The van der Waals surface area contributed by atoms with Crippen molar-refractivity contribution in [1.82, 2.24) is 24.5 Å². The number of unbranched alkanes of at least 4 members (excludes halogenated alkanes) is 1. The van der Waals surface area contributed by atoms with Crippen LogP contribution in [-0.4, -0.2) is 62.5 Å². The quantitative estimate of drug-likeness (QED) is 0.342. The van der Waals surface area contributed by atoms with E-state index in [1.54, 1.807) is 16.5 Å². The first kappa shape index (κ1) is 23.9. The van der Waals surface area contributed by atoms with Gasteiger partial charge in [0.05, 0.1) is 6.61 Å². The first-order valence-electron chi connectivity index (χ1n) is 12.2. The molecule has 1 saturated heterocycles. The average molecular weight is 496 g/mol. The number of hydrogen-bond acceptors (Lipinski definition) is 6. The topological polar surface area (TPSA) is 81.8 Å². The minimum absolute atomic E-state index is 0.102. The molecule has 0 aliphatic carbocycles. The lowest BCUT2D eigenvalue weighted by atomic mass is 10.1. The first-order valence-corrected chi connectivity index (χ1v) is 12.2. The summed E-state index contributed by atoms with van der Waals surface area (Å²) in [6, 6.07) is 11.6. The molecular formula is C26H27F2N5O3. The SMILES string of the molecule is CCCCOC(=O)N1CCC(F)C(Oc2cc(F)cc3ccc(-c4nnc5ccccn45)nc23)CC1. The van der Waals surface area contributed by atoms with Crippen LogP contribution in [0.4, 0.5) is 13.6 Å². The molecule has 0 spiro atoms. The number of alkyl halides is 1. The Morgan fingerprint density at radius 3 is 2.86 bits per heavy atom. The molecule has 3 aromatic heterocycles. The van der Waals surface area contributed by atoms with Gasteiger partial charge < -0.3 is 14.4 Å². The molecule has 1 aromatic carbocycles. The van der Waals surface area contributed by atoms with E-state index in [-0.39, 0.29) is 31.7 Å². The highest BCUT2D eigenvalue weighted by Crippen LogP contribution is 2.31. The summed E-state index contributed by atoms with van der Waals surface area (Å²) in [6.45, 7) is 2.87. The summed E-state index contributed by atoms with van der Waals surface area (Å²) in [5.74, 6) is 0.162. The number of hydrogen-bond donors (Lipinski definition) is 0. The van der Waals surface area contributed by atoms with Crippen molar-refractivity contribution in [3.05, 3.63) is 54.5 Å². The van der Waals surface area contributed by atoms with Gasteiger partial charge in [-0.3, -0.25) is 4.40 Å². The smallest absolute Gasteiger partial charge is 0.409 e. The molecule has 10 heteroatoms. The third-order valence-electron chi connectivity index (χ3n) is 6.29. The Labute approximate surface area is 206 Å². The van der Waals surface area contributed by atoms with Crippen molar-refractivity contribution in [2.75, 3.05) is 19.7 Å². The van der Waals surface area contributed by atoms with Crippen LogP contribution in [0.1, 0.15) is 32.6 Å². The van der Waals surface area contributed by atoms with E-state index >= 15 is 4.39 Å². The van der Waals surface area contributed by atoms with Gasteiger partial charge in [-0.05, 0) is 37.1 Å². The maximum atomic E-state index is 15.1. The zero-order valence-electron chi connectivity index (χ0n) is 19.9. The molecule has 5 rings (SSSR count). The summed E-state index contributed by atoms with van der Waals surface area (Å²) in [4.78, 5) is 18.5. The van der Waals surface area contributed by atoms with Crippen LogP contribution < -0.4 is 4.74 Å². The van der Waals surface area contributed by atoms with Crippen LogP contribution in [0.3, 0.4) is 0 Å². The van der Waals surface area contributed by atoms with E-state index in [0.29, 0.717) is 34.7 Å². The van der Waals surface area contributed by atoms with Crippen molar-refractivity contribution in [3.8, 4) is 17.3 Å². The second kappa shape index (κ2) is 10.4. The normalized spacial score (nSPS) is 18.4. The summed E-state index contributed by atoms with van der Waals surface area (Å²) in [7, 11) is 0. The molecule has 0 radical (unpaired) electrons. The van der Waals surface area contributed by atoms with Crippen LogP contribution in [0.25, 0.3) is 28.1 Å². The van der Waals surface area contributed by atoms with E-state index in [1.807, 2.05) is 31.3 Å². The maximum absolute atomic E-state index is 15.1. The minimum Gasteiger partial charge on any atom is -0.485 e. The Morgan fingerprint density at radius 2 is 2.00 bits per heavy atom. The Hall–Kier alpha value is -3.82. The predicted molar refractivity (Wildman–Crippen MR) is 130 cm³/mol. The van der Waals surface area contributed by atoms with Gasteiger partial charge in [0.25, 0.3) is 0 Å². The van der Waals surface area contributed by atoms with Gasteiger partial charge in [0.1, 0.15) is 35.1 Å². The largest absolute Gasteiger partial charge is 0.485 e. The number of ether oxygens (including phenoxy) is 2. The van der Waals surface area contributed by atoms with E-state index in [2.05, 4.69) is 15.2 Å². The Kier molecular flexibility index (Phi) is 6.92. The molecule has 0 saturated carbocycles. The Balaban J connectivity index is 1.40. The molecule has 1 aliphatic rings. The predicted octanol–water partition coefficient (Wildman–Crippen LogP) is 5.20. The van der Waals surface area contributed by atoms with E-state index in [4.69, 9.17) is 9.47 Å². The fourth-order valence-electron chi connectivity index (χ4n) is 4.31. The number of amides is 1. The number of aromatic nitrogens is 4. The van der Waals surface area contributed by atoms with Gasteiger partial charge in [-0.15, -0.1) is 10.2 Å². The summed E-state index contributed by atoms with van der Waals surface area (Å²) in [5.41, 5.74) is 1.59. The van der Waals surface area contributed by atoms with Gasteiger partial charge in [-0.1, -0.05) is 25.5 Å². The molecule has 36 heavy (non-hydrogen) atoms. The van der Waals surface area contributed by atoms with Gasteiger partial charge in [0.2, 0.25) is 0 Å². The van der Waals surface area contributed by atoms with E-state index in [9.17, 15) is 9.18 Å². The van der Waals surface area contributed by atoms with Crippen molar-refractivity contribution in [2.45, 2.75) is 44.9 Å². The summed E-state index contributed by atoms with van der Waals surface area (Å²) >= 11 is 0. The molecule has 8 nitrogen and oxygen atoms in total. The van der Waals surface area contributed by atoms with Crippen LogP contribution in [0, 0.1) is 5.82 Å². The zero-order valence-corrected chi connectivity index (χ0v) is 19.9. The van der Waals surface area contributed by atoms with Crippen LogP contribution >= 0.6 is 0 Å². The molecule has 1 aliphatic heterocycles. The number of nitrogens with zero attached hydrogens (tertiary/aromatic N) is 5. The molecule has 0 bridgehead atoms. The number of halogens is 2. The molecule has 4 heterocycles. The fourth-order valence-corrected chi connectivity index (χ4v) is 4.31. The third kappa shape index (κ3) is 4.93. The Morgan fingerprint density at radius 1 is 1.14 bits per heavy atom. The maximum Gasteiger partial charge on any atom is 0.409 e. The van der Waals surface area contributed by atoms with Crippen LogP contribution in [0.15, 0.2) is 48.7 Å². The highest BCUT2D eigenvalue weighted by molar-refractivity contribution is 5.86. The number of carbonyl (C=O) groups excluding carboxylic acids is 1. The van der Waals surface area contributed by atoms with Gasteiger partial charge >= 0.3 is 6.09 Å². The molecule has 2 atom stereocenters. The number of benzene rings is 1. The van der Waals surface area contributed by atoms with Crippen molar-refractivity contribution in [2.24, 2.45) is 0 Å². The molecule has 188 valence electrons. The van der Waals surface area contributed by atoms with Gasteiger partial charge in [-0.25, -0.2) is 18.6 Å². The number of carbonyl (C=O) groups is 1. The van der Waals surface area contributed by atoms with Crippen molar-refractivity contribution in [1.29, 1.82) is 0 Å². The fraction of sp³-hybridized carbons (Fsp3) is 0.385. The molecule has 1 fully saturated rings. The van der Waals surface area contributed by atoms with Crippen LogP contribution in [-0.2, 0) is 4.74 Å².